The van der Waals surface area contributed by atoms with Crippen LogP contribution in [0.15, 0.2) is 108 Å². The minimum absolute atomic E-state index is 0.282. The molecule has 158 valence electrons. The van der Waals surface area contributed by atoms with Crippen LogP contribution in [0.3, 0.4) is 0 Å². The number of nitrogens with zero attached hydrogens (tertiary/aromatic N) is 1. The smallest absolute Gasteiger partial charge is 0.143 e. The molecule has 0 atom stereocenters. The maximum atomic E-state index is 14.6. The topological polar surface area (TPSA) is 26.0 Å². The second-order valence-corrected chi connectivity index (χ2v) is 8.26. The molecule has 0 unspecified atom stereocenters. The maximum absolute atomic E-state index is 14.6. The Morgan fingerprint density at radius 2 is 1.36 bits per heavy atom. The first kappa shape index (κ1) is 19.4. The predicted octanol–water partition coefficient (Wildman–Crippen LogP) is 8.43. The lowest BCUT2D eigenvalue weighted by atomic mass is 9.99. The van der Waals surface area contributed by atoms with Gasteiger partial charge in [-0.3, -0.25) is 4.98 Å². The molecule has 3 heteroatoms. The third kappa shape index (κ3) is 3.39. The molecule has 0 saturated carbocycles. The molecule has 6 aromatic rings. The Balaban J connectivity index is 1.50. The molecule has 2 aromatic heterocycles. The summed E-state index contributed by atoms with van der Waals surface area (Å²) in [5, 5.41) is 1.65. The number of aryl methyl sites for hydroxylation is 1. The number of fused-ring (bicyclic) bond motifs is 3. The fourth-order valence-corrected chi connectivity index (χ4v) is 4.47. The molecule has 4 aromatic carbocycles. The lowest BCUT2D eigenvalue weighted by molar-refractivity contribution is 0.627. The number of hydrogen-bond acceptors (Lipinski definition) is 2. The molecule has 33 heavy (non-hydrogen) atoms. The predicted molar refractivity (Wildman–Crippen MR) is 133 cm³/mol. The molecule has 2 nitrogen and oxygen atoms in total. The Morgan fingerprint density at radius 3 is 2.06 bits per heavy atom. The minimum Gasteiger partial charge on any atom is -0.455 e. The van der Waals surface area contributed by atoms with Gasteiger partial charge in [0.15, 0.2) is 0 Å². The Kier molecular flexibility index (Phi) is 4.55. The van der Waals surface area contributed by atoms with E-state index in [1.807, 2.05) is 72.9 Å². The van der Waals surface area contributed by atoms with E-state index in [4.69, 9.17) is 9.40 Å². The molecule has 2 heterocycles. The van der Waals surface area contributed by atoms with Crippen molar-refractivity contribution in [2.24, 2.45) is 0 Å². The van der Waals surface area contributed by atoms with Crippen LogP contribution in [0, 0.1) is 12.7 Å². The number of hydrogen-bond donors (Lipinski definition) is 0. The van der Waals surface area contributed by atoms with E-state index in [-0.39, 0.29) is 5.82 Å². The van der Waals surface area contributed by atoms with Crippen LogP contribution in [0.5, 0.6) is 0 Å². The zero-order valence-electron chi connectivity index (χ0n) is 18.0. The van der Waals surface area contributed by atoms with Crippen molar-refractivity contribution in [2.75, 3.05) is 0 Å². The van der Waals surface area contributed by atoms with Gasteiger partial charge in [-0.15, -0.1) is 0 Å². The van der Waals surface area contributed by atoms with E-state index in [9.17, 15) is 4.39 Å². The van der Waals surface area contributed by atoms with Crippen LogP contribution in [-0.4, -0.2) is 4.98 Å². The van der Waals surface area contributed by atoms with Gasteiger partial charge in [0.05, 0.1) is 5.69 Å². The summed E-state index contributed by atoms with van der Waals surface area (Å²) in [6, 6.07) is 31.2. The highest BCUT2D eigenvalue weighted by Crippen LogP contribution is 2.38. The van der Waals surface area contributed by atoms with Crippen molar-refractivity contribution in [1.82, 2.24) is 4.98 Å². The first-order valence-corrected chi connectivity index (χ1v) is 10.9. The lowest BCUT2D eigenvalue weighted by Crippen LogP contribution is -1.89. The standard InChI is InChI=1S/C30H20FNO/c1-19-14-28(32-18-27(19)21-10-6-3-7-11-21)22-12-13-29-25(15-22)26-17-23(31)16-24(30(26)33-29)20-8-4-2-5-9-20/h2-18H,1H3. The van der Waals surface area contributed by atoms with Crippen LogP contribution in [0.2, 0.25) is 0 Å². The summed E-state index contributed by atoms with van der Waals surface area (Å²) >= 11 is 0. The maximum Gasteiger partial charge on any atom is 0.143 e. The summed E-state index contributed by atoms with van der Waals surface area (Å²) in [6.07, 6.45) is 1.92. The SMILES string of the molecule is Cc1cc(-c2ccc3oc4c(-c5ccccc5)cc(F)cc4c3c2)ncc1-c1ccccc1. The summed E-state index contributed by atoms with van der Waals surface area (Å²) in [7, 11) is 0. The van der Waals surface area contributed by atoms with Crippen molar-refractivity contribution >= 4 is 21.9 Å². The van der Waals surface area contributed by atoms with Gasteiger partial charge in [-0.25, -0.2) is 4.39 Å². The van der Waals surface area contributed by atoms with E-state index in [2.05, 4.69) is 25.1 Å². The molecule has 6 rings (SSSR count). The number of pyridine rings is 1. The highest BCUT2D eigenvalue weighted by atomic mass is 19.1. The second kappa shape index (κ2) is 7.72. The molecule has 0 amide bonds. The van der Waals surface area contributed by atoms with Gasteiger partial charge in [0, 0.05) is 33.7 Å². The monoisotopic (exact) mass is 429 g/mol. The van der Waals surface area contributed by atoms with E-state index in [1.165, 1.54) is 6.07 Å². The van der Waals surface area contributed by atoms with Gasteiger partial charge in [-0.05, 0) is 60.0 Å². The molecule has 0 fully saturated rings. The van der Waals surface area contributed by atoms with E-state index in [0.29, 0.717) is 5.58 Å². The Morgan fingerprint density at radius 1 is 0.667 bits per heavy atom. The van der Waals surface area contributed by atoms with Crippen LogP contribution < -0.4 is 0 Å². The molecule has 0 saturated heterocycles. The van der Waals surface area contributed by atoms with Crippen molar-refractivity contribution in [2.45, 2.75) is 6.92 Å². The van der Waals surface area contributed by atoms with Crippen LogP contribution in [-0.2, 0) is 0 Å². The van der Waals surface area contributed by atoms with E-state index in [0.717, 1.165) is 55.4 Å². The van der Waals surface area contributed by atoms with E-state index in [1.54, 1.807) is 6.07 Å². The molecule has 0 radical (unpaired) electrons. The van der Waals surface area contributed by atoms with Gasteiger partial charge in [-0.1, -0.05) is 60.7 Å². The molecule has 0 aliphatic heterocycles. The van der Waals surface area contributed by atoms with Crippen molar-refractivity contribution in [3.63, 3.8) is 0 Å². The summed E-state index contributed by atoms with van der Waals surface area (Å²) in [6.45, 7) is 2.10. The zero-order chi connectivity index (χ0) is 22.4. The molecular weight excluding hydrogens is 409 g/mol. The van der Waals surface area contributed by atoms with Gasteiger partial charge in [-0.2, -0.15) is 0 Å². The fraction of sp³-hybridized carbons (Fsp3) is 0.0333. The molecule has 0 spiro atoms. The number of halogens is 1. The molecule has 0 aliphatic carbocycles. The summed E-state index contributed by atoms with van der Waals surface area (Å²) in [5.74, 6) is -0.282. The van der Waals surface area contributed by atoms with Crippen LogP contribution in [0.1, 0.15) is 5.56 Å². The van der Waals surface area contributed by atoms with Crippen LogP contribution >= 0.6 is 0 Å². The molecular formula is C30H20FNO. The molecule has 0 N–H and O–H groups in total. The van der Waals surface area contributed by atoms with Crippen LogP contribution in [0.25, 0.3) is 55.4 Å². The van der Waals surface area contributed by atoms with E-state index >= 15 is 0 Å². The largest absolute Gasteiger partial charge is 0.455 e. The Labute approximate surface area is 191 Å². The Bertz CT molecular complexity index is 1620. The van der Waals surface area contributed by atoms with E-state index < -0.39 is 0 Å². The Hall–Kier alpha value is -4.24. The lowest BCUT2D eigenvalue weighted by Gasteiger charge is -2.08. The fourth-order valence-electron chi connectivity index (χ4n) is 4.47. The van der Waals surface area contributed by atoms with Gasteiger partial charge in [0.25, 0.3) is 0 Å². The summed E-state index contributed by atoms with van der Waals surface area (Å²) in [5.41, 5.74) is 8.37. The number of furan rings is 1. The quantitative estimate of drug-likeness (QED) is 0.282. The van der Waals surface area contributed by atoms with Gasteiger partial charge in [0.1, 0.15) is 17.0 Å². The number of benzene rings is 4. The number of aromatic nitrogens is 1. The van der Waals surface area contributed by atoms with Gasteiger partial charge in [0.2, 0.25) is 0 Å². The van der Waals surface area contributed by atoms with Crippen LogP contribution in [0.4, 0.5) is 4.39 Å². The van der Waals surface area contributed by atoms with Crippen molar-refractivity contribution in [1.29, 1.82) is 0 Å². The van der Waals surface area contributed by atoms with Crippen molar-refractivity contribution < 1.29 is 8.81 Å². The first-order chi connectivity index (χ1) is 16.2. The summed E-state index contributed by atoms with van der Waals surface area (Å²) < 4.78 is 20.8. The third-order valence-corrected chi connectivity index (χ3v) is 6.11. The second-order valence-electron chi connectivity index (χ2n) is 8.26. The molecule has 0 bridgehead atoms. The van der Waals surface area contributed by atoms with Crippen molar-refractivity contribution in [3.05, 3.63) is 115 Å². The van der Waals surface area contributed by atoms with Crippen molar-refractivity contribution in [3.8, 4) is 33.5 Å². The average Bonchev–Trinajstić information content (AvgIpc) is 3.22. The summed E-state index contributed by atoms with van der Waals surface area (Å²) in [4.78, 5) is 4.74. The minimum atomic E-state index is -0.282. The highest BCUT2D eigenvalue weighted by molar-refractivity contribution is 6.10. The highest BCUT2D eigenvalue weighted by Gasteiger charge is 2.15. The first-order valence-electron chi connectivity index (χ1n) is 10.9. The van der Waals surface area contributed by atoms with Gasteiger partial charge < -0.3 is 4.42 Å². The normalized spacial score (nSPS) is 11.3. The third-order valence-electron chi connectivity index (χ3n) is 6.11. The number of rotatable bonds is 3. The van der Waals surface area contributed by atoms with Gasteiger partial charge >= 0.3 is 0 Å². The average molecular weight is 429 g/mol. The zero-order valence-corrected chi connectivity index (χ0v) is 18.0. The molecule has 0 aliphatic rings.